The van der Waals surface area contributed by atoms with Gasteiger partial charge in [-0.1, -0.05) is 6.07 Å². The first-order valence-corrected chi connectivity index (χ1v) is 6.26. The molecule has 3 N–H and O–H groups in total. The lowest BCUT2D eigenvalue weighted by Crippen LogP contribution is -2.48. The average Bonchev–Trinajstić information content (AvgIpc) is 2.44. The van der Waals surface area contributed by atoms with Crippen LogP contribution in [0.15, 0.2) is 24.4 Å². The second kappa shape index (κ2) is 7.83. The molecule has 0 aliphatic carbocycles. The fraction of sp³-hybridized carbons (Fsp3) is 0.385. The van der Waals surface area contributed by atoms with E-state index in [0.29, 0.717) is 13.0 Å². The number of hydrogen-bond acceptors (Lipinski definition) is 4. The van der Waals surface area contributed by atoms with Crippen LogP contribution in [0.5, 0.6) is 0 Å². The SMILES string of the molecule is CN(CCc1ccccn1)C(=O)N[C@H](CC(=O)O)C(=O)O. The van der Waals surface area contributed by atoms with Gasteiger partial charge in [0.2, 0.25) is 0 Å². The summed E-state index contributed by atoms with van der Waals surface area (Å²) in [5.41, 5.74) is 0.803. The molecule has 0 spiro atoms. The Morgan fingerprint density at radius 3 is 2.57 bits per heavy atom. The molecule has 114 valence electrons. The van der Waals surface area contributed by atoms with E-state index in [4.69, 9.17) is 10.2 Å². The Morgan fingerprint density at radius 2 is 2.05 bits per heavy atom. The first-order chi connectivity index (χ1) is 9.90. The fourth-order valence-corrected chi connectivity index (χ4v) is 1.56. The molecule has 0 radical (unpaired) electrons. The van der Waals surface area contributed by atoms with E-state index in [9.17, 15) is 14.4 Å². The number of nitrogens with zero attached hydrogens (tertiary/aromatic N) is 2. The van der Waals surface area contributed by atoms with E-state index in [-0.39, 0.29) is 0 Å². The van der Waals surface area contributed by atoms with Crippen molar-refractivity contribution in [3.05, 3.63) is 30.1 Å². The van der Waals surface area contributed by atoms with Crippen molar-refractivity contribution in [1.82, 2.24) is 15.2 Å². The number of aromatic nitrogens is 1. The van der Waals surface area contributed by atoms with E-state index in [0.717, 1.165) is 5.69 Å². The molecule has 0 saturated heterocycles. The molecule has 1 atom stereocenters. The van der Waals surface area contributed by atoms with Gasteiger partial charge >= 0.3 is 18.0 Å². The quantitative estimate of drug-likeness (QED) is 0.660. The number of urea groups is 1. The molecular formula is C13H17N3O5. The highest BCUT2D eigenvalue weighted by atomic mass is 16.4. The number of hydrogen-bond donors (Lipinski definition) is 3. The van der Waals surface area contributed by atoms with Crippen LogP contribution in [0.1, 0.15) is 12.1 Å². The summed E-state index contributed by atoms with van der Waals surface area (Å²) in [6.45, 7) is 0.336. The van der Waals surface area contributed by atoms with Crippen molar-refractivity contribution in [2.24, 2.45) is 0 Å². The summed E-state index contributed by atoms with van der Waals surface area (Å²) in [6, 6.07) is 3.33. The highest BCUT2D eigenvalue weighted by Gasteiger charge is 2.24. The zero-order chi connectivity index (χ0) is 15.8. The van der Waals surface area contributed by atoms with Crippen molar-refractivity contribution in [3.63, 3.8) is 0 Å². The zero-order valence-electron chi connectivity index (χ0n) is 11.5. The molecule has 0 unspecified atom stereocenters. The summed E-state index contributed by atoms with van der Waals surface area (Å²) < 4.78 is 0. The van der Waals surface area contributed by atoms with Crippen molar-refractivity contribution >= 4 is 18.0 Å². The Balaban J connectivity index is 2.49. The first-order valence-electron chi connectivity index (χ1n) is 6.26. The second-order valence-electron chi connectivity index (χ2n) is 4.43. The van der Waals surface area contributed by atoms with Gasteiger partial charge in [0.15, 0.2) is 0 Å². The summed E-state index contributed by atoms with van der Waals surface area (Å²) in [6.07, 6.45) is 1.49. The van der Waals surface area contributed by atoms with Crippen LogP contribution in [0.2, 0.25) is 0 Å². The molecule has 8 heteroatoms. The third-order valence-electron chi connectivity index (χ3n) is 2.75. The molecule has 2 amide bonds. The van der Waals surface area contributed by atoms with E-state index in [1.807, 2.05) is 12.1 Å². The number of likely N-dealkylation sites (N-methyl/N-ethyl adjacent to an activating group) is 1. The molecule has 0 saturated carbocycles. The molecule has 0 aliphatic heterocycles. The standard InChI is InChI=1S/C13H17N3O5/c1-16(7-5-9-4-2-3-6-14-9)13(21)15-10(12(19)20)8-11(17)18/h2-4,6,10H,5,7-8H2,1H3,(H,15,21)(H,17,18)(H,19,20)/t10-/m1/s1. The number of aliphatic carboxylic acids is 2. The van der Waals surface area contributed by atoms with Crippen molar-refractivity contribution in [2.45, 2.75) is 18.9 Å². The Morgan fingerprint density at radius 1 is 1.33 bits per heavy atom. The number of carbonyl (C=O) groups is 3. The van der Waals surface area contributed by atoms with E-state index in [1.165, 1.54) is 11.9 Å². The molecule has 1 rings (SSSR count). The maximum absolute atomic E-state index is 11.8. The lowest BCUT2D eigenvalue weighted by atomic mass is 10.2. The van der Waals surface area contributed by atoms with Crippen LogP contribution < -0.4 is 5.32 Å². The number of nitrogens with one attached hydrogen (secondary N) is 1. The lowest BCUT2D eigenvalue weighted by Gasteiger charge is -2.20. The molecular weight excluding hydrogens is 278 g/mol. The van der Waals surface area contributed by atoms with E-state index in [1.54, 1.807) is 12.3 Å². The third kappa shape index (κ3) is 5.89. The summed E-state index contributed by atoms with van der Waals surface area (Å²) in [5.74, 6) is -2.68. The van der Waals surface area contributed by atoms with Crippen LogP contribution in [0.25, 0.3) is 0 Å². The Labute approximate surface area is 121 Å². The molecule has 0 aliphatic rings. The predicted molar refractivity (Wildman–Crippen MR) is 72.8 cm³/mol. The molecule has 0 fully saturated rings. The van der Waals surface area contributed by atoms with Gasteiger partial charge in [0.05, 0.1) is 6.42 Å². The van der Waals surface area contributed by atoms with Crippen molar-refractivity contribution in [2.75, 3.05) is 13.6 Å². The smallest absolute Gasteiger partial charge is 0.326 e. The van der Waals surface area contributed by atoms with Crippen molar-refractivity contribution in [3.8, 4) is 0 Å². The first kappa shape index (κ1) is 16.4. The van der Waals surface area contributed by atoms with Gasteiger partial charge in [0.25, 0.3) is 0 Å². The topological polar surface area (TPSA) is 120 Å². The van der Waals surface area contributed by atoms with Gasteiger partial charge in [-0.3, -0.25) is 9.78 Å². The molecule has 1 heterocycles. The van der Waals surface area contributed by atoms with Crippen LogP contribution in [0.3, 0.4) is 0 Å². The number of carboxylic acids is 2. The van der Waals surface area contributed by atoms with Gasteiger partial charge in [-0.05, 0) is 12.1 Å². The minimum atomic E-state index is -1.45. The van der Waals surface area contributed by atoms with Gasteiger partial charge in [0.1, 0.15) is 6.04 Å². The maximum atomic E-state index is 11.8. The minimum absolute atomic E-state index is 0.336. The Hall–Kier alpha value is -2.64. The summed E-state index contributed by atoms with van der Waals surface area (Å²) in [7, 11) is 1.50. The number of carboxylic acid groups (broad SMARTS) is 2. The highest BCUT2D eigenvalue weighted by molar-refractivity contribution is 5.86. The fourth-order valence-electron chi connectivity index (χ4n) is 1.56. The summed E-state index contributed by atoms with van der Waals surface area (Å²) >= 11 is 0. The van der Waals surface area contributed by atoms with Crippen LogP contribution >= 0.6 is 0 Å². The van der Waals surface area contributed by atoms with Gasteiger partial charge in [-0.2, -0.15) is 0 Å². The summed E-state index contributed by atoms with van der Waals surface area (Å²) in [4.78, 5) is 38.6. The average molecular weight is 295 g/mol. The maximum Gasteiger partial charge on any atom is 0.326 e. The zero-order valence-corrected chi connectivity index (χ0v) is 11.5. The van der Waals surface area contributed by atoms with E-state index >= 15 is 0 Å². The molecule has 1 aromatic heterocycles. The molecule has 21 heavy (non-hydrogen) atoms. The van der Waals surface area contributed by atoms with Crippen molar-refractivity contribution < 1.29 is 24.6 Å². The second-order valence-corrected chi connectivity index (χ2v) is 4.43. The van der Waals surface area contributed by atoms with Crippen LogP contribution in [0, 0.1) is 0 Å². The van der Waals surface area contributed by atoms with Gasteiger partial charge < -0.3 is 20.4 Å². The summed E-state index contributed by atoms with van der Waals surface area (Å²) in [5, 5.41) is 19.6. The van der Waals surface area contributed by atoms with Crippen molar-refractivity contribution in [1.29, 1.82) is 0 Å². The highest BCUT2D eigenvalue weighted by Crippen LogP contribution is 1.99. The molecule has 8 nitrogen and oxygen atoms in total. The number of rotatable bonds is 7. The van der Waals surface area contributed by atoms with Gasteiger partial charge in [-0.25, -0.2) is 9.59 Å². The molecule has 1 aromatic rings. The Bertz CT molecular complexity index is 506. The van der Waals surface area contributed by atoms with Gasteiger partial charge in [-0.15, -0.1) is 0 Å². The minimum Gasteiger partial charge on any atom is -0.481 e. The third-order valence-corrected chi connectivity index (χ3v) is 2.75. The lowest BCUT2D eigenvalue weighted by molar-refractivity contribution is -0.145. The van der Waals surface area contributed by atoms with E-state index < -0.39 is 30.4 Å². The van der Waals surface area contributed by atoms with Crippen LogP contribution in [-0.4, -0.2) is 57.7 Å². The van der Waals surface area contributed by atoms with Crippen LogP contribution in [-0.2, 0) is 16.0 Å². The normalized spacial score (nSPS) is 11.5. The number of pyridine rings is 1. The number of carbonyl (C=O) groups excluding carboxylic acids is 1. The molecule has 0 bridgehead atoms. The molecule has 0 aromatic carbocycles. The van der Waals surface area contributed by atoms with E-state index in [2.05, 4.69) is 10.3 Å². The monoisotopic (exact) mass is 295 g/mol. The van der Waals surface area contributed by atoms with Gasteiger partial charge in [0, 0.05) is 31.9 Å². The number of amides is 2. The largest absolute Gasteiger partial charge is 0.481 e. The predicted octanol–water partition coefficient (Wildman–Crippen LogP) is 0.193. The van der Waals surface area contributed by atoms with Crippen LogP contribution in [0.4, 0.5) is 4.79 Å². The Kier molecular flexibility index (Phi) is 6.12.